The maximum absolute atomic E-state index is 13.2. The van der Waals surface area contributed by atoms with Crippen molar-refractivity contribution in [1.29, 1.82) is 0 Å². The Morgan fingerprint density at radius 3 is 2.44 bits per heavy atom. The third kappa shape index (κ3) is 6.67. The van der Waals surface area contributed by atoms with Crippen LogP contribution in [0.15, 0.2) is 67.1 Å². The van der Waals surface area contributed by atoms with Gasteiger partial charge in [0.05, 0.1) is 11.1 Å². The van der Waals surface area contributed by atoms with Gasteiger partial charge in [-0.25, -0.2) is 9.59 Å². The van der Waals surface area contributed by atoms with Gasteiger partial charge in [-0.2, -0.15) is 13.2 Å². The Bertz CT molecular complexity index is 1540. The molecule has 1 fully saturated rings. The fraction of sp³-hybridized carbons (Fsp3) is 0.276. The lowest BCUT2D eigenvalue weighted by Crippen LogP contribution is -2.46. The molecule has 4 aromatic rings. The molecule has 2 aromatic carbocycles. The van der Waals surface area contributed by atoms with Gasteiger partial charge in [0.2, 0.25) is 0 Å². The van der Waals surface area contributed by atoms with Crippen molar-refractivity contribution in [3.63, 3.8) is 0 Å². The minimum Gasteiger partial charge on any atom is -0.336 e. The molecule has 3 heterocycles. The van der Waals surface area contributed by atoms with E-state index in [-0.39, 0.29) is 17.3 Å². The van der Waals surface area contributed by atoms with Gasteiger partial charge in [-0.05, 0) is 48.4 Å². The fourth-order valence-electron chi connectivity index (χ4n) is 4.84. The molecule has 5 rings (SSSR count). The number of benzene rings is 2. The van der Waals surface area contributed by atoms with Crippen molar-refractivity contribution in [3.05, 3.63) is 78.2 Å². The van der Waals surface area contributed by atoms with Crippen LogP contribution in [0.2, 0.25) is 0 Å². The van der Waals surface area contributed by atoms with Gasteiger partial charge in [-0.1, -0.05) is 18.2 Å². The minimum atomic E-state index is -4.52. The molecule has 12 heteroatoms. The molecule has 9 nitrogen and oxygen atoms in total. The van der Waals surface area contributed by atoms with Gasteiger partial charge in [0.15, 0.2) is 0 Å². The number of hydrogen-bond acceptors (Lipinski definition) is 5. The van der Waals surface area contributed by atoms with Crippen LogP contribution in [0.4, 0.5) is 34.1 Å². The number of hydrogen-bond donors (Lipinski definition) is 4. The number of alkyl halides is 3. The number of carbonyl (C=O) groups excluding carboxylic acids is 2. The van der Waals surface area contributed by atoms with E-state index in [1.807, 2.05) is 0 Å². The van der Waals surface area contributed by atoms with E-state index in [0.29, 0.717) is 17.7 Å². The first-order valence-electron chi connectivity index (χ1n) is 13.2. The molecule has 1 saturated heterocycles. The highest BCUT2D eigenvalue weighted by atomic mass is 19.4. The first-order chi connectivity index (χ1) is 19.7. The SMILES string of the molecule is Cc1ccc(NC(=O)Nc2ccc(-c3cn(C(=O)NCCN4CCNCC4)c4ccncc34)cc2)cc1C(F)(F)F. The molecule has 2 aromatic heterocycles. The van der Waals surface area contributed by atoms with Crippen molar-refractivity contribution in [3.8, 4) is 11.1 Å². The predicted octanol–water partition coefficient (Wildman–Crippen LogP) is 5.14. The number of aromatic nitrogens is 2. The highest BCUT2D eigenvalue weighted by Gasteiger charge is 2.32. The Hall–Kier alpha value is -4.42. The van der Waals surface area contributed by atoms with Crippen LogP contribution in [0.1, 0.15) is 11.1 Å². The summed E-state index contributed by atoms with van der Waals surface area (Å²) in [6.07, 6.45) is 0.579. The van der Waals surface area contributed by atoms with E-state index in [2.05, 4.69) is 31.2 Å². The van der Waals surface area contributed by atoms with Gasteiger partial charge < -0.3 is 21.3 Å². The number of carbonyl (C=O) groups is 2. The van der Waals surface area contributed by atoms with E-state index in [4.69, 9.17) is 0 Å². The quantitative estimate of drug-likeness (QED) is 0.259. The van der Waals surface area contributed by atoms with Crippen LogP contribution in [0.5, 0.6) is 0 Å². The van der Waals surface area contributed by atoms with E-state index in [1.54, 1.807) is 53.5 Å². The van der Waals surface area contributed by atoms with Crippen LogP contribution in [0.25, 0.3) is 22.0 Å². The zero-order chi connectivity index (χ0) is 29.0. The van der Waals surface area contributed by atoms with E-state index in [1.165, 1.54) is 19.1 Å². The third-order valence-electron chi connectivity index (χ3n) is 6.99. The van der Waals surface area contributed by atoms with Crippen LogP contribution in [0.3, 0.4) is 0 Å². The summed E-state index contributed by atoms with van der Waals surface area (Å²) >= 11 is 0. The number of urea groups is 1. The van der Waals surface area contributed by atoms with Crippen LogP contribution < -0.4 is 21.3 Å². The number of piperazine rings is 1. The lowest BCUT2D eigenvalue weighted by atomic mass is 10.1. The zero-order valence-corrected chi connectivity index (χ0v) is 22.4. The topological polar surface area (TPSA) is 103 Å². The number of rotatable bonds is 6. The summed E-state index contributed by atoms with van der Waals surface area (Å²) < 4.78 is 41.2. The first kappa shape index (κ1) is 28.1. The number of halogens is 3. The zero-order valence-electron chi connectivity index (χ0n) is 22.4. The minimum absolute atomic E-state index is 0.0311. The van der Waals surface area contributed by atoms with Gasteiger partial charge in [-0.15, -0.1) is 0 Å². The van der Waals surface area contributed by atoms with Crippen molar-refractivity contribution in [2.75, 3.05) is 49.9 Å². The smallest absolute Gasteiger partial charge is 0.336 e. The Morgan fingerprint density at radius 2 is 1.71 bits per heavy atom. The van der Waals surface area contributed by atoms with Crippen molar-refractivity contribution in [2.45, 2.75) is 13.1 Å². The molecule has 0 spiro atoms. The molecular weight excluding hydrogens is 535 g/mol. The van der Waals surface area contributed by atoms with Gasteiger partial charge >= 0.3 is 18.2 Å². The third-order valence-corrected chi connectivity index (χ3v) is 6.99. The molecule has 0 atom stereocenters. The number of pyridine rings is 1. The molecule has 214 valence electrons. The summed E-state index contributed by atoms with van der Waals surface area (Å²) in [4.78, 5) is 32.0. The highest BCUT2D eigenvalue weighted by Crippen LogP contribution is 2.34. The second kappa shape index (κ2) is 12.0. The molecule has 3 amide bonds. The Balaban J connectivity index is 1.26. The van der Waals surface area contributed by atoms with Gasteiger partial charge in [-0.3, -0.25) is 14.5 Å². The van der Waals surface area contributed by atoms with Gasteiger partial charge in [0, 0.05) is 80.2 Å². The number of anilines is 2. The standard InChI is InChI=1S/C29H30F3N7O2/c1-19-2-5-22(16-25(19)29(30,31)32)37-27(40)36-21-6-3-20(4-7-21)24-18-39(26-8-9-34-17-23(24)26)28(41)35-12-15-38-13-10-33-11-14-38/h2-9,16-18,33H,10-15H2,1H3,(H,35,41)(H2,36,37,40). The second-order valence-electron chi connectivity index (χ2n) is 9.81. The summed E-state index contributed by atoms with van der Waals surface area (Å²) in [6.45, 7) is 6.47. The fourth-order valence-corrected chi connectivity index (χ4v) is 4.84. The molecular formula is C29H30F3N7O2. The molecule has 1 aliphatic heterocycles. The summed E-state index contributed by atoms with van der Waals surface area (Å²) in [5, 5.41) is 12.2. The molecule has 0 radical (unpaired) electrons. The molecule has 0 unspecified atom stereocenters. The first-order valence-corrected chi connectivity index (χ1v) is 13.2. The van der Waals surface area contributed by atoms with Crippen LogP contribution in [-0.2, 0) is 6.18 Å². The molecule has 0 aliphatic carbocycles. The average molecular weight is 566 g/mol. The predicted molar refractivity (Wildman–Crippen MR) is 152 cm³/mol. The summed E-state index contributed by atoms with van der Waals surface area (Å²) in [6, 6.07) is 11.4. The number of aryl methyl sites for hydroxylation is 1. The van der Waals surface area contributed by atoms with Crippen LogP contribution in [-0.4, -0.2) is 65.8 Å². The normalized spacial score (nSPS) is 14.1. The average Bonchev–Trinajstić information content (AvgIpc) is 3.34. The van der Waals surface area contributed by atoms with Crippen molar-refractivity contribution in [1.82, 2.24) is 25.1 Å². The largest absolute Gasteiger partial charge is 0.416 e. The number of nitrogens with one attached hydrogen (secondary N) is 4. The van der Waals surface area contributed by atoms with E-state index < -0.39 is 17.8 Å². The lowest BCUT2D eigenvalue weighted by Gasteiger charge is -2.27. The summed E-state index contributed by atoms with van der Waals surface area (Å²) in [7, 11) is 0. The molecule has 41 heavy (non-hydrogen) atoms. The second-order valence-corrected chi connectivity index (χ2v) is 9.81. The Kier molecular flexibility index (Phi) is 8.22. The van der Waals surface area contributed by atoms with Crippen molar-refractivity contribution >= 4 is 34.3 Å². The van der Waals surface area contributed by atoms with E-state index in [0.717, 1.165) is 55.3 Å². The van der Waals surface area contributed by atoms with E-state index >= 15 is 0 Å². The van der Waals surface area contributed by atoms with Gasteiger partial charge in [0.1, 0.15) is 0 Å². The molecule has 0 bridgehead atoms. The van der Waals surface area contributed by atoms with Crippen molar-refractivity contribution in [2.24, 2.45) is 0 Å². The number of amides is 3. The lowest BCUT2D eigenvalue weighted by molar-refractivity contribution is -0.138. The van der Waals surface area contributed by atoms with Gasteiger partial charge in [0.25, 0.3) is 0 Å². The summed E-state index contributed by atoms with van der Waals surface area (Å²) in [5.74, 6) is 0. The van der Waals surface area contributed by atoms with Crippen molar-refractivity contribution < 1.29 is 22.8 Å². The maximum Gasteiger partial charge on any atom is 0.416 e. The van der Waals surface area contributed by atoms with Crippen LogP contribution in [0, 0.1) is 6.92 Å². The van der Waals surface area contributed by atoms with Crippen LogP contribution >= 0.6 is 0 Å². The maximum atomic E-state index is 13.2. The molecule has 1 aliphatic rings. The molecule has 0 saturated carbocycles. The number of nitrogens with zero attached hydrogens (tertiary/aromatic N) is 3. The van der Waals surface area contributed by atoms with E-state index in [9.17, 15) is 22.8 Å². The number of fused-ring (bicyclic) bond motifs is 1. The molecule has 4 N–H and O–H groups in total. The highest BCUT2D eigenvalue weighted by molar-refractivity contribution is 6.02. The monoisotopic (exact) mass is 565 g/mol. The summed E-state index contributed by atoms with van der Waals surface area (Å²) in [5.41, 5.74) is 2.05. The Morgan fingerprint density at radius 1 is 1.00 bits per heavy atom. The Labute approximate surface area is 234 Å².